The molecular formula is C24H33N3O5. The van der Waals surface area contributed by atoms with E-state index in [9.17, 15) is 14.4 Å². The Morgan fingerprint density at radius 2 is 1.84 bits per heavy atom. The molecule has 1 fully saturated rings. The lowest BCUT2D eigenvalue weighted by Gasteiger charge is -2.18. The molecular weight excluding hydrogens is 410 g/mol. The van der Waals surface area contributed by atoms with Gasteiger partial charge in [0.15, 0.2) is 0 Å². The first-order chi connectivity index (χ1) is 15.5. The molecule has 1 N–H and O–H groups in total. The molecule has 2 atom stereocenters. The average molecular weight is 444 g/mol. The number of aromatic nitrogens is 2. The zero-order valence-corrected chi connectivity index (χ0v) is 18.9. The van der Waals surface area contributed by atoms with E-state index in [1.807, 2.05) is 6.07 Å². The number of esters is 1. The summed E-state index contributed by atoms with van der Waals surface area (Å²) in [6.45, 7) is 2.84. The molecule has 0 amide bonds. The Bertz CT molecular complexity index is 985. The highest BCUT2D eigenvalue weighted by molar-refractivity contribution is 5.89. The zero-order chi connectivity index (χ0) is 22.9. The normalized spacial score (nSPS) is 18.7. The molecule has 174 valence electrons. The van der Waals surface area contributed by atoms with E-state index in [0.717, 1.165) is 19.3 Å². The highest BCUT2D eigenvalue weighted by Gasteiger charge is 2.35. The number of hydroxylamine groups is 2. The van der Waals surface area contributed by atoms with Crippen LogP contribution in [0.15, 0.2) is 46.1 Å². The second-order valence-electron chi connectivity index (χ2n) is 8.29. The summed E-state index contributed by atoms with van der Waals surface area (Å²) in [5.74, 6) is -0.411. The summed E-state index contributed by atoms with van der Waals surface area (Å²) in [6, 6.07) is 8.45. The van der Waals surface area contributed by atoms with E-state index < -0.39 is 11.5 Å². The largest absolute Gasteiger partial charge is 0.459 e. The van der Waals surface area contributed by atoms with E-state index in [0.29, 0.717) is 24.1 Å². The van der Waals surface area contributed by atoms with E-state index >= 15 is 0 Å². The predicted molar refractivity (Wildman–Crippen MR) is 121 cm³/mol. The first-order valence-electron chi connectivity index (χ1n) is 11.4. The lowest BCUT2D eigenvalue weighted by Crippen LogP contribution is -2.34. The average Bonchev–Trinajstić information content (AvgIpc) is 3.16. The van der Waals surface area contributed by atoms with Gasteiger partial charge in [0.2, 0.25) is 0 Å². The van der Waals surface area contributed by atoms with Gasteiger partial charge in [-0.3, -0.25) is 14.6 Å². The van der Waals surface area contributed by atoms with Gasteiger partial charge in [0.05, 0.1) is 17.2 Å². The van der Waals surface area contributed by atoms with Crippen molar-refractivity contribution >= 4 is 5.97 Å². The third kappa shape index (κ3) is 6.40. The van der Waals surface area contributed by atoms with Crippen molar-refractivity contribution in [2.75, 3.05) is 13.7 Å². The molecule has 2 aromatic rings. The number of nitrogens with zero attached hydrogens (tertiary/aromatic N) is 2. The fourth-order valence-corrected chi connectivity index (χ4v) is 3.99. The van der Waals surface area contributed by atoms with Crippen LogP contribution >= 0.6 is 0 Å². The summed E-state index contributed by atoms with van der Waals surface area (Å²) in [5, 5.41) is 1.60. The quantitative estimate of drug-likeness (QED) is 0.422. The molecule has 0 bridgehead atoms. The van der Waals surface area contributed by atoms with Gasteiger partial charge in [0.25, 0.3) is 5.56 Å². The molecule has 0 saturated carbocycles. The maximum Gasteiger partial charge on any atom is 0.338 e. The first kappa shape index (κ1) is 23.9. The number of ether oxygens (including phenoxy) is 1. The Labute approximate surface area is 188 Å². The van der Waals surface area contributed by atoms with E-state index in [2.05, 4.69) is 11.9 Å². The van der Waals surface area contributed by atoms with E-state index in [1.54, 1.807) is 47.1 Å². The number of unbranched alkanes of at least 4 members (excludes halogenated alkanes) is 5. The van der Waals surface area contributed by atoms with Crippen LogP contribution < -0.4 is 11.2 Å². The van der Waals surface area contributed by atoms with Gasteiger partial charge in [-0.25, -0.2) is 9.59 Å². The SMILES string of the molecule is CCCCCCCCn1cc([C@@H]2C[C@H](COC(=O)c3ccccc3)ON2C)c(=O)[nH]c1=O. The topological polar surface area (TPSA) is 93.6 Å². The molecule has 1 aromatic heterocycles. The Morgan fingerprint density at radius 1 is 1.12 bits per heavy atom. The Morgan fingerprint density at radius 3 is 2.59 bits per heavy atom. The van der Waals surface area contributed by atoms with Crippen LogP contribution in [0.25, 0.3) is 0 Å². The maximum atomic E-state index is 12.5. The van der Waals surface area contributed by atoms with Gasteiger partial charge in [-0.15, -0.1) is 0 Å². The Kier molecular flexibility index (Phi) is 8.81. The summed E-state index contributed by atoms with van der Waals surface area (Å²) in [6.07, 6.45) is 8.52. The number of hydrogen-bond acceptors (Lipinski definition) is 6. The van der Waals surface area contributed by atoms with Gasteiger partial charge in [-0.2, -0.15) is 5.06 Å². The highest BCUT2D eigenvalue weighted by atomic mass is 16.7. The molecule has 0 aliphatic carbocycles. The predicted octanol–water partition coefficient (Wildman–Crippen LogP) is 3.43. The number of carbonyl (C=O) groups excluding carboxylic acids is 1. The molecule has 0 radical (unpaired) electrons. The molecule has 32 heavy (non-hydrogen) atoms. The van der Waals surface area contributed by atoms with Gasteiger partial charge in [0, 0.05) is 26.2 Å². The maximum absolute atomic E-state index is 12.5. The number of hydrogen-bond donors (Lipinski definition) is 1. The number of aryl methyl sites for hydroxylation is 1. The molecule has 0 spiro atoms. The van der Waals surface area contributed by atoms with Crippen LogP contribution in [-0.2, 0) is 16.1 Å². The fraction of sp³-hybridized carbons (Fsp3) is 0.542. The van der Waals surface area contributed by atoms with E-state index in [-0.39, 0.29) is 24.4 Å². The fourth-order valence-electron chi connectivity index (χ4n) is 3.99. The molecule has 1 saturated heterocycles. The van der Waals surface area contributed by atoms with Gasteiger partial charge in [-0.05, 0) is 18.6 Å². The molecule has 1 aliphatic heterocycles. The molecule has 1 aliphatic rings. The van der Waals surface area contributed by atoms with Crippen molar-refractivity contribution in [3.8, 4) is 0 Å². The second-order valence-corrected chi connectivity index (χ2v) is 8.29. The zero-order valence-electron chi connectivity index (χ0n) is 18.9. The van der Waals surface area contributed by atoms with Crippen LogP contribution in [0.1, 0.15) is 73.8 Å². The summed E-state index contributed by atoms with van der Waals surface area (Å²) in [4.78, 5) is 45.1. The number of benzene rings is 1. The molecule has 8 nitrogen and oxygen atoms in total. The van der Waals surface area contributed by atoms with Crippen molar-refractivity contribution in [1.29, 1.82) is 0 Å². The van der Waals surface area contributed by atoms with Crippen LogP contribution in [0.3, 0.4) is 0 Å². The van der Waals surface area contributed by atoms with Crippen LogP contribution in [0.2, 0.25) is 0 Å². The smallest absolute Gasteiger partial charge is 0.338 e. The monoisotopic (exact) mass is 443 g/mol. The number of rotatable bonds is 11. The number of H-pyrrole nitrogens is 1. The third-order valence-corrected chi connectivity index (χ3v) is 5.80. The number of carbonyl (C=O) groups is 1. The molecule has 2 heterocycles. The highest BCUT2D eigenvalue weighted by Crippen LogP contribution is 2.31. The summed E-state index contributed by atoms with van der Waals surface area (Å²) in [5.41, 5.74) is 0.169. The lowest BCUT2D eigenvalue weighted by atomic mass is 10.0. The van der Waals surface area contributed by atoms with Crippen LogP contribution in [0.5, 0.6) is 0 Å². The van der Waals surface area contributed by atoms with Crippen molar-refractivity contribution in [2.45, 2.75) is 70.6 Å². The Hall–Kier alpha value is -2.71. The molecule has 8 heteroatoms. The summed E-state index contributed by atoms with van der Waals surface area (Å²) < 4.78 is 6.96. The van der Waals surface area contributed by atoms with Crippen LogP contribution in [0.4, 0.5) is 0 Å². The van der Waals surface area contributed by atoms with Crippen molar-refractivity contribution in [1.82, 2.24) is 14.6 Å². The van der Waals surface area contributed by atoms with Crippen molar-refractivity contribution < 1.29 is 14.4 Å². The molecule has 1 aromatic carbocycles. The Balaban J connectivity index is 1.58. The van der Waals surface area contributed by atoms with Crippen molar-refractivity contribution in [2.24, 2.45) is 0 Å². The number of aromatic amines is 1. The minimum absolute atomic E-state index is 0.0872. The number of nitrogens with one attached hydrogen (secondary N) is 1. The van der Waals surface area contributed by atoms with Gasteiger partial charge < -0.3 is 9.30 Å². The van der Waals surface area contributed by atoms with Gasteiger partial charge in [0.1, 0.15) is 12.7 Å². The van der Waals surface area contributed by atoms with Gasteiger partial charge >= 0.3 is 11.7 Å². The van der Waals surface area contributed by atoms with Gasteiger partial charge in [-0.1, -0.05) is 57.2 Å². The lowest BCUT2D eigenvalue weighted by molar-refractivity contribution is -0.154. The first-order valence-corrected chi connectivity index (χ1v) is 11.4. The standard InChI is InChI=1S/C24H33N3O5/c1-3-4-5-6-7-11-14-27-16-20(22(28)25-24(27)30)21-15-19(32-26(21)2)17-31-23(29)18-12-9-8-10-13-18/h8-10,12-13,16,19,21H,3-7,11,14-15,17H2,1-2H3,(H,25,28,30)/t19-,21+/m1/s1. The minimum Gasteiger partial charge on any atom is -0.459 e. The minimum atomic E-state index is -0.411. The second kappa shape index (κ2) is 11.8. The third-order valence-electron chi connectivity index (χ3n) is 5.80. The molecule has 3 rings (SSSR count). The van der Waals surface area contributed by atoms with Crippen LogP contribution in [0, 0.1) is 0 Å². The summed E-state index contributed by atoms with van der Waals surface area (Å²) in [7, 11) is 1.74. The van der Waals surface area contributed by atoms with Crippen molar-refractivity contribution in [3.05, 3.63) is 68.5 Å². The van der Waals surface area contributed by atoms with E-state index in [4.69, 9.17) is 9.57 Å². The molecule has 0 unspecified atom stereocenters. The van der Waals surface area contributed by atoms with Crippen molar-refractivity contribution in [3.63, 3.8) is 0 Å². The summed E-state index contributed by atoms with van der Waals surface area (Å²) >= 11 is 0. The van der Waals surface area contributed by atoms with E-state index in [1.165, 1.54) is 19.3 Å². The van der Waals surface area contributed by atoms with Crippen LogP contribution in [-0.4, -0.2) is 40.3 Å².